The minimum Gasteiger partial charge on any atom is -0.455 e. The van der Waals surface area contributed by atoms with Crippen LogP contribution in [0.3, 0.4) is 0 Å². The fourth-order valence-corrected chi connectivity index (χ4v) is 3.85. The molecular weight excluding hydrogens is 420 g/mol. The first-order valence-electron chi connectivity index (χ1n) is 9.30. The Morgan fingerprint density at radius 1 is 1.00 bits per heavy atom. The summed E-state index contributed by atoms with van der Waals surface area (Å²) in [7, 11) is 0. The third-order valence-corrected chi connectivity index (χ3v) is 5.88. The molecule has 6 nitrogen and oxygen atoms in total. The van der Waals surface area contributed by atoms with Crippen LogP contribution in [-0.4, -0.2) is 21.4 Å². The molecule has 2 aromatic carbocycles. The highest BCUT2D eigenvalue weighted by Crippen LogP contribution is 2.40. The molecular formula is C22H17ClN4O2S. The molecule has 0 saturated carbocycles. The zero-order valence-electron chi connectivity index (χ0n) is 16.2. The van der Waals surface area contributed by atoms with Gasteiger partial charge in [-0.15, -0.1) is 10.2 Å². The number of ether oxygens (including phenoxy) is 1. The number of nitrogens with one attached hydrogen (secondary N) is 1. The Morgan fingerprint density at radius 3 is 2.70 bits per heavy atom. The fourth-order valence-electron chi connectivity index (χ4n) is 3.38. The van der Waals surface area contributed by atoms with Crippen LogP contribution >= 0.6 is 23.4 Å². The highest BCUT2D eigenvalue weighted by atomic mass is 35.5. The first-order valence-corrected chi connectivity index (χ1v) is 10.9. The van der Waals surface area contributed by atoms with Gasteiger partial charge >= 0.3 is 0 Å². The molecule has 1 aliphatic heterocycles. The van der Waals surface area contributed by atoms with E-state index in [0.717, 1.165) is 28.1 Å². The van der Waals surface area contributed by atoms with Crippen LogP contribution in [-0.2, 0) is 0 Å². The monoisotopic (exact) mass is 436 g/mol. The van der Waals surface area contributed by atoms with Gasteiger partial charge in [-0.25, -0.2) is 0 Å². The summed E-state index contributed by atoms with van der Waals surface area (Å²) in [6.45, 7) is 1.97. The second kappa shape index (κ2) is 7.66. The van der Waals surface area contributed by atoms with Crippen LogP contribution in [0.1, 0.15) is 17.6 Å². The molecule has 0 spiro atoms. The Morgan fingerprint density at radius 2 is 1.83 bits per heavy atom. The number of anilines is 1. The fraction of sp³-hybridized carbons (Fsp3) is 0.136. The number of hydrogen-bond acceptors (Lipinski definition) is 7. The number of fused-ring (bicyclic) bond motifs is 3. The quantitative estimate of drug-likeness (QED) is 0.395. The van der Waals surface area contributed by atoms with Gasteiger partial charge in [0.15, 0.2) is 11.5 Å². The number of thioether (sulfide) groups is 1. The lowest BCUT2D eigenvalue weighted by Gasteiger charge is -2.16. The maximum atomic E-state index is 6.28. The van der Waals surface area contributed by atoms with Gasteiger partial charge < -0.3 is 14.5 Å². The van der Waals surface area contributed by atoms with Gasteiger partial charge in [-0.2, -0.15) is 4.98 Å². The van der Waals surface area contributed by atoms with E-state index in [1.54, 1.807) is 0 Å². The molecule has 0 saturated heterocycles. The average molecular weight is 437 g/mol. The summed E-state index contributed by atoms with van der Waals surface area (Å²) < 4.78 is 12.4. The molecule has 0 fully saturated rings. The Hall–Kier alpha value is -3.03. The van der Waals surface area contributed by atoms with Gasteiger partial charge in [0.1, 0.15) is 5.76 Å². The zero-order valence-corrected chi connectivity index (χ0v) is 17.8. The van der Waals surface area contributed by atoms with E-state index in [9.17, 15) is 0 Å². The molecule has 0 bridgehead atoms. The summed E-state index contributed by atoms with van der Waals surface area (Å²) in [4.78, 5) is 4.53. The summed E-state index contributed by atoms with van der Waals surface area (Å²) in [5.74, 6) is 1.75. The Kier molecular flexibility index (Phi) is 4.84. The number of rotatable bonds is 3. The second-order valence-electron chi connectivity index (χ2n) is 6.75. The van der Waals surface area contributed by atoms with Crippen molar-refractivity contribution in [2.75, 3.05) is 11.6 Å². The Bertz CT molecular complexity index is 1240. The Balaban J connectivity index is 1.57. The van der Waals surface area contributed by atoms with Crippen molar-refractivity contribution in [1.82, 2.24) is 15.2 Å². The molecule has 0 amide bonds. The summed E-state index contributed by atoms with van der Waals surface area (Å²) in [6.07, 6.45) is 1.32. The van der Waals surface area contributed by atoms with Crippen molar-refractivity contribution in [3.63, 3.8) is 0 Å². The number of furan rings is 1. The molecule has 0 aliphatic carbocycles. The van der Waals surface area contributed by atoms with Crippen LogP contribution in [0.15, 0.2) is 64.2 Å². The first kappa shape index (κ1) is 19.0. The second-order valence-corrected chi connectivity index (χ2v) is 7.94. The average Bonchev–Trinajstić information content (AvgIpc) is 3.19. The third-order valence-electron chi connectivity index (χ3n) is 4.93. The highest BCUT2D eigenvalue weighted by molar-refractivity contribution is 7.98. The summed E-state index contributed by atoms with van der Waals surface area (Å²) >= 11 is 7.69. The predicted octanol–water partition coefficient (Wildman–Crippen LogP) is 5.99. The molecule has 0 radical (unpaired) electrons. The lowest BCUT2D eigenvalue weighted by molar-refractivity contribution is 0.196. The topological polar surface area (TPSA) is 73.1 Å². The molecule has 30 heavy (non-hydrogen) atoms. The number of nitrogens with zero attached hydrogens (tertiary/aromatic N) is 3. The van der Waals surface area contributed by atoms with Crippen LogP contribution in [0.25, 0.3) is 22.6 Å². The molecule has 4 aromatic rings. The highest BCUT2D eigenvalue weighted by Gasteiger charge is 2.28. The van der Waals surface area contributed by atoms with E-state index in [1.807, 2.05) is 67.8 Å². The van der Waals surface area contributed by atoms with Crippen LogP contribution in [0.2, 0.25) is 5.02 Å². The van der Waals surface area contributed by atoms with E-state index in [1.165, 1.54) is 11.8 Å². The van der Waals surface area contributed by atoms with Gasteiger partial charge in [0.2, 0.25) is 17.3 Å². The number of aromatic nitrogens is 3. The maximum Gasteiger partial charge on any atom is 0.247 e. The van der Waals surface area contributed by atoms with Crippen LogP contribution in [0.4, 0.5) is 5.69 Å². The zero-order chi connectivity index (χ0) is 20.7. The van der Waals surface area contributed by atoms with E-state index < -0.39 is 6.23 Å². The third kappa shape index (κ3) is 3.30. The largest absolute Gasteiger partial charge is 0.455 e. The van der Waals surface area contributed by atoms with Gasteiger partial charge in [-0.05, 0) is 43.0 Å². The maximum absolute atomic E-state index is 6.28. The summed E-state index contributed by atoms with van der Waals surface area (Å²) in [6, 6.07) is 17.4. The van der Waals surface area contributed by atoms with E-state index in [4.69, 9.17) is 20.8 Å². The van der Waals surface area contributed by atoms with Crippen molar-refractivity contribution in [3.8, 4) is 28.5 Å². The van der Waals surface area contributed by atoms with Crippen molar-refractivity contribution in [2.45, 2.75) is 18.3 Å². The van der Waals surface area contributed by atoms with Crippen LogP contribution in [0.5, 0.6) is 5.88 Å². The number of benzene rings is 2. The van der Waals surface area contributed by atoms with Gasteiger partial charge in [-0.1, -0.05) is 53.7 Å². The number of halogens is 1. The van der Waals surface area contributed by atoms with Crippen molar-refractivity contribution in [3.05, 3.63) is 70.9 Å². The van der Waals surface area contributed by atoms with Crippen LogP contribution < -0.4 is 10.1 Å². The molecule has 0 unspecified atom stereocenters. The minimum atomic E-state index is -0.577. The smallest absolute Gasteiger partial charge is 0.247 e. The minimum absolute atomic E-state index is 0.411. The molecule has 5 rings (SSSR count). The number of para-hydroxylation sites is 1. The Labute approximate surface area is 182 Å². The van der Waals surface area contributed by atoms with E-state index in [2.05, 4.69) is 20.5 Å². The van der Waals surface area contributed by atoms with Crippen molar-refractivity contribution in [1.29, 1.82) is 0 Å². The lowest BCUT2D eigenvalue weighted by atomic mass is 10.1. The molecule has 2 aromatic heterocycles. The van der Waals surface area contributed by atoms with E-state index in [-0.39, 0.29) is 0 Å². The van der Waals surface area contributed by atoms with Gasteiger partial charge in [0.25, 0.3) is 0 Å². The van der Waals surface area contributed by atoms with E-state index >= 15 is 0 Å². The molecule has 1 atom stereocenters. The normalized spacial score (nSPS) is 14.8. The van der Waals surface area contributed by atoms with Crippen molar-refractivity contribution in [2.24, 2.45) is 0 Å². The summed E-state index contributed by atoms with van der Waals surface area (Å²) in [5.41, 5.74) is 4.24. The molecule has 3 heterocycles. The SMILES string of the molecule is CSc1nnc2c(n1)O[C@@H](c1ccc(-c3cccc(Cl)c3C)o1)Nc1ccccc1-2. The van der Waals surface area contributed by atoms with Gasteiger partial charge in [0.05, 0.1) is 0 Å². The van der Waals surface area contributed by atoms with Gasteiger partial charge in [0, 0.05) is 21.8 Å². The molecule has 1 N–H and O–H groups in total. The van der Waals surface area contributed by atoms with Crippen molar-refractivity contribution < 1.29 is 9.15 Å². The van der Waals surface area contributed by atoms with Crippen molar-refractivity contribution >= 4 is 29.1 Å². The lowest BCUT2D eigenvalue weighted by Crippen LogP contribution is -2.16. The molecule has 8 heteroatoms. The van der Waals surface area contributed by atoms with Crippen LogP contribution in [0, 0.1) is 6.92 Å². The first-order chi connectivity index (χ1) is 14.6. The molecule has 1 aliphatic rings. The molecule has 150 valence electrons. The predicted molar refractivity (Wildman–Crippen MR) is 118 cm³/mol. The number of hydrogen-bond donors (Lipinski definition) is 1. The standard InChI is InChI=1S/C22H17ClN4O2S/c1-12-13(7-5-8-15(12)23)17-10-11-18(28-17)20-24-16-9-4-3-6-14(16)19-21(29-20)25-22(30-2)27-26-19/h3-11,20,24H,1-2H3/t20-/m0/s1. The van der Waals surface area contributed by atoms with E-state index in [0.29, 0.717) is 27.5 Å². The summed E-state index contributed by atoms with van der Waals surface area (Å²) in [5, 5.41) is 13.2. The van der Waals surface area contributed by atoms with Gasteiger partial charge in [-0.3, -0.25) is 0 Å².